The fraction of sp³-hybridized carbons (Fsp3) is 0. The third-order valence-electron chi connectivity index (χ3n) is 2.96. The van der Waals surface area contributed by atoms with E-state index in [9.17, 15) is 9.59 Å². The van der Waals surface area contributed by atoms with Crippen LogP contribution in [0, 0.1) is 0 Å². The Morgan fingerprint density at radius 3 is 2.75 bits per heavy atom. The van der Waals surface area contributed by atoms with E-state index in [2.05, 4.69) is 4.98 Å². The second-order valence-corrected chi connectivity index (χ2v) is 4.24. The molecule has 2 heterocycles. The zero-order valence-electron chi connectivity index (χ0n) is 10.2. The van der Waals surface area contributed by atoms with Crippen LogP contribution < -0.4 is 5.63 Å². The van der Waals surface area contributed by atoms with Crippen LogP contribution in [0.25, 0.3) is 22.1 Å². The summed E-state index contributed by atoms with van der Waals surface area (Å²) in [6, 6.07) is 9.42. The van der Waals surface area contributed by atoms with E-state index < -0.39 is 11.6 Å². The zero-order chi connectivity index (χ0) is 14.1. The number of hydrogen-bond donors (Lipinski definition) is 1. The van der Waals surface area contributed by atoms with Crippen molar-refractivity contribution in [1.29, 1.82) is 0 Å². The molecule has 0 bridgehead atoms. The highest BCUT2D eigenvalue weighted by Gasteiger charge is 2.11. The molecule has 98 valence electrons. The van der Waals surface area contributed by atoms with Gasteiger partial charge in [-0.3, -0.25) is 4.98 Å². The van der Waals surface area contributed by atoms with Crippen molar-refractivity contribution in [3.63, 3.8) is 0 Å². The van der Waals surface area contributed by atoms with Gasteiger partial charge < -0.3 is 9.52 Å². The first-order valence-corrected chi connectivity index (χ1v) is 5.87. The number of carboxylic acids is 1. The number of fused-ring (bicyclic) bond motifs is 1. The monoisotopic (exact) mass is 267 g/mol. The average molecular weight is 267 g/mol. The number of hydrogen-bond acceptors (Lipinski definition) is 4. The van der Waals surface area contributed by atoms with E-state index >= 15 is 0 Å². The van der Waals surface area contributed by atoms with Crippen molar-refractivity contribution in [2.24, 2.45) is 0 Å². The maximum absolute atomic E-state index is 11.6. The van der Waals surface area contributed by atoms with Gasteiger partial charge in [0.15, 0.2) is 0 Å². The van der Waals surface area contributed by atoms with Gasteiger partial charge in [-0.1, -0.05) is 6.07 Å². The molecule has 3 rings (SSSR count). The second kappa shape index (κ2) is 4.62. The molecule has 0 saturated heterocycles. The van der Waals surface area contributed by atoms with Crippen molar-refractivity contribution < 1.29 is 14.3 Å². The van der Waals surface area contributed by atoms with Gasteiger partial charge in [0, 0.05) is 35.0 Å². The standard InChI is InChI=1S/C15H9NO4/c17-14-7-12(10-2-1-5-16-8-10)11-4-3-9(15(18)19)6-13(11)20-14/h1-8H,(H,18,19). The quantitative estimate of drug-likeness (QED) is 0.722. The van der Waals surface area contributed by atoms with E-state index in [1.165, 1.54) is 18.2 Å². The van der Waals surface area contributed by atoms with Gasteiger partial charge in [-0.05, 0) is 24.3 Å². The van der Waals surface area contributed by atoms with Crippen LogP contribution in [0.5, 0.6) is 0 Å². The van der Waals surface area contributed by atoms with Crippen molar-refractivity contribution in [1.82, 2.24) is 4.98 Å². The Balaban J connectivity index is 2.33. The summed E-state index contributed by atoms with van der Waals surface area (Å²) in [5, 5.41) is 9.64. The van der Waals surface area contributed by atoms with Crippen molar-refractivity contribution in [2.45, 2.75) is 0 Å². The first kappa shape index (κ1) is 12.1. The Hall–Kier alpha value is -2.95. The topological polar surface area (TPSA) is 80.4 Å². The average Bonchev–Trinajstić information content (AvgIpc) is 2.46. The summed E-state index contributed by atoms with van der Waals surface area (Å²) in [6.07, 6.45) is 3.28. The second-order valence-electron chi connectivity index (χ2n) is 4.24. The third kappa shape index (κ3) is 2.05. The highest BCUT2D eigenvalue weighted by atomic mass is 16.4. The Labute approximate surface area is 113 Å². The number of aromatic nitrogens is 1. The summed E-state index contributed by atoms with van der Waals surface area (Å²) in [4.78, 5) is 26.6. The summed E-state index contributed by atoms with van der Waals surface area (Å²) in [5.74, 6) is -1.07. The molecule has 20 heavy (non-hydrogen) atoms. The molecule has 3 aromatic rings. The maximum Gasteiger partial charge on any atom is 0.336 e. The molecule has 0 aliphatic carbocycles. The molecule has 0 aliphatic rings. The smallest absolute Gasteiger partial charge is 0.336 e. The molecule has 0 saturated carbocycles. The molecule has 1 N–H and O–H groups in total. The summed E-state index contributed by atoms with van der Waals surface area (Å²) in [6.45, 7) is 0. The number of pyridine rings is 1. The first-order chi connectivity index (χ1) is 9.65. The number of carboxylic acid groups (broad SMARTS) is 1. The summed E-state index contributed by atoms with van der Waals surface area (Å²) in [7, 11) is 0. The van der Waals surface area contributed by atoms with Gasteiger partial charge in [0.2, 0.25) is 0 Å². The third-order valence-corrected chi connectivity index (χ3v) is 2.96. The van der Waals surface area contributed by atoms with Gasteiger partial charge in [-0.25, -0.2) is 9.59 Å². The predicted molar refractivity (Wildman–Crippen MR) is 72.7 cm³/mol. The lowest BCUT2D eigenvalue weighted by Crippen LogP contribution is -2.00. The van der Waals surface area contributed by atoms with Crippen molar-refractivity contribution >= 4 is 16.9 Å². The molecule has 5 nitrogen and oxygen atoms in total. The molecule has 0 unspecified atom stereocenters. The Morgan fingerprint density at radius 2 is 2.05 bits per heavy atom. The lowest BCUT2D eigenvalue weighted by atomic mass is 10.0. The lowest BCUT2D eigenvalue weighted by Gasteiger charge is -2.05. The molecular formula is C15H9NO4. The fourth-order valence-corrected chi connectivity index (χ4v) is 2.06. The lowest BCUT2D eigenvalue weighted by molar-refractivity contribution is 0.0697. The van der Waals surface area contributed by atoms with Crippen LogP contribution in [0.4, 0.5) is 0 Å². The van der Waals surface area contributed by atoms with Crippen LogP contribution in [0.2, 0.25) is 0 Å². The van der Waals surface area contributed by atoms with Gasteiger partial charge in [-0.2, -0.15) is 0 Å². The van der Waals surface area contributed by atoms with Crippen LogP contribution >= 0.6 is 0 Å². The molecule has 0 atom stereocenters. The summed E-state index contributed by atoms with van der Waals surface area (Å²) >= 11 is 0. The Bertz CT molecular complexity index is 853. The summed E-state index contributed by atoms with van der Waals surface area (Å²) in [5.41, 5.74) is 1.23. The molecule has 0 amide bonds. The van der Waals surface area contributed by atoms with E-state index in [0.29, 0.717) is 10.9 Å². The number of benzene rings is 1. The fourth-order valence-electron chi connectivity index (χ4n) is 2.06. The number of carbonyl (C=O) groups is 1. The van der Waals surface area contributed by atoms with E-state index in [4.69, 9.17) is 9.52 Å². The van der Waals surface area contributed by atoms with Crippen molar-refractivity contribution in [3.05, 3.63) is 64.8 Å². The molecule has 0 aliphatic heterocycles. The van der Waals surface area contributed by atoms with Crippen LogP contribution in [0.1, 0.15) is 10.4 Å². The number of aromatic carboxylic acids is 1. The van der Waals surface area contributed by atoms with E-state index in [-0.39, 0.29) is 11.1 Å². The minimum atomic E-state index is -1.07. The SMILES string of the molecule is O=C(O)c1ccc2c(-c3cccnc3)cc(=O)oc2c1. The molecule has 0 fully saturated rings. The Morgan fingerprint density at radius 1 is 1.20 bits per heavy atom. The highest BCUT2D eigenvalue weighted by Crippen LogP contribution is 2.27. The molecule has 5 heteroatoms. The van der Waals surface area contributed by atoms with E-state index in [1.807, 2.05) is 6.07 Å². The van der Waals surface area contributed by atoms with Gasteiger partial charge in [0.25, 0.3) is 0 Å². The predicted octanol–water partition coefficient (Wildman–Crippen LogP) is 2.55. The van der Waals surface area contributed by atoms with Crippen LogP contribution in [0.15, 0.2) is 58.0 Å². The normalized spacial score (nSPS) is 10.6. The molecular weight excluding hydrogens is 258 g/mol. The highest BCUT2D eigenvalue weighted by molar-refractivity contribution is 5.97. The van der Waals surface area contributed by atoms with E-state index in [1.54, 1.807) is 24.5 Å². The van der Waals surface area contributed by atoms with Crippen molar-refractivity contribution in [2.75, 3.05) is 0 Å². The van der Waals surface area contributed by atoms with Crippen LogP contribution in [0.3, 0.4) is 0 Å². The van der Waals surface area contributed by atoms with Gasteiger partial charge in [-0.15, -0.1) is 0 Å². The first-order valence-electron chi connectivity index (χ1n) is 5.87. The van der Waals surface area contributed by atoms with Crippen LogP contribution in [-0.2, 0) is 0 Å². The van der Waals surface area contributed by atoms with Crippen molar-refractivity contribution in [3.8, 4) is 11.1 Å². The molecule has 2 aromatic heterocycles. The Kier molecular flexibility index (Phi) is 2.80. The van der Waals surface area contributed by atoms with E-state index in [0.717, 1.165) is 5.56 Å². The maximum atomic E-state index is 11.6. The van der Waals surface area contributed by atoms with Gasteiger partial charge >= 0.3 is 11.6 Å². The molecule has 0 radical (unpaired) electrons. The number of rotatable bonds is 2. The minimum absolute atomic E-state index is 0.0731. The summed E-state index contributed by atoms with van der Waals surface area (Å²) < 4.78 is 5.08. The van der Waals surface area contributed by atoms with Gasteiger partial charge in [0.05, 0.1) is 5.56 Å². The largest absolute Gasteiger partial charge is 0.478 e. The van der Waals surface area contributed by atoms with Crippen LogP contribution in [-0.4, -0.2) is 16.1 Å². The minimum Gasteiger partial charge on any atom is -0.478 e. The van der Waals surface area contributed by atoms with Gasteiger partial charge in [0.1, 0.15) is 5.58 Å². The molecule has 0 spiro atoms. The zero-order valence-corrected chi connectivity index (χ0v) is 10.2. The number of nitrogens with zero attached hydrogens (tertiary/aromatic N) is 1. The molecule has 1 aromatic carbocycles.